The average molecular weight is 219 g/mol. The monoisotopic (exact) mass is 219 g/mol. The van der Waals surface area contributed by atoms with Crippen LogP contribution in [-0.2, 0) is 0 Å². The van der Waals surface area contributed by atoms with Crippen molar-refractivity contribution in [2.24, 2.45) is 5.73 Å². The number of hydrogen-bond acceptors (Lipinski definition) is 3. The van der Waals surface area contributed by atoms with Crippen LogP contribution < -0.4 is 16.8 Å². The molecule has 0 heterocycles. The average Bonchev–Trinajstić information content (AvgIpc) is 2.18. The number of carbonyl (C=O) groups is 1. The van der Waals surface area contributed by atoms with Gasteiger partial charge in [0.25, 0.3) is 5.91 Å². The fraction of sp³-hybridized carbons (Fsp3) is 0.417. The van der Waals surface area contributed by atoms with Gasteiger partial charge in [0.1, 0.15) is 0 Å². The van der Waals surface area contributed by atoms with Crippen LogP contribution in [0.1, 0.15) is 36.5 Å². The van der Waals surface area contributed by atoms with E-state index in [-0.39, 0.29) is 5.54 Å². The maximum Gasteiger partial charge on any atom is 0.250 e. The van der Waals surface area contributed by atoms with Crippen molar-refractivity contribution in [1.29, 1.82) is 0 Å². The van der Waals surface area contributed by atoms with E-state index in [2.05, 4.69) is 12.2 Å². The third-order valence-electron chi connectivity index (χ3n) is 3.22. The number of carbonyl (C=O) groups excluding carboxylic acids is 1. The maximum atomic E-state index is 11.1. The van der Waals surface area contributed by atoms with Gasteiger partial charge in [-0.05, 0) is 44.4 Å². The first-order valence-electron chi connectivity index (χ1n) is 5.48. The fourth-order valence-electron chi connectivity index (χ4n) is 2.03. The molecule has 1 amide bonds. The van der Waals surface area contributed by atoms with Crippen LogP contribution in [0.2, 0.25) is 0 Å². The summed E-state index contributed by atoms with van der Waals surface area (Å²) in [5, 5.41) is 3.41. The van der Waals surface area contributed by atoms with Crippen molar-refractivity contribution in [1.82, 2.24) is 0 Å². The smallest absolute Gasteiger partial charge is 0.250 e. The minimum Gasteiger partial charge on any atom is -0.398 e. The number of amides is 1. The molecule has 1 aliphatic carbocycles. The highest BCUT2D eigenvalue weighted by Crippen LogP contribution is 2.35. The summed E-state index contributed by atoms with van der Waals surface area (Å²) in [4.78, 5) is 11.1. The van der Waals surface area contributed by atoms with E-state index in [1.54, 1.807) is 12.1 Å². The summed E-state index contributed by atoms with van der Waals surface area (Å²) in [7, 11) is 0. The van der Waals surface area contributed by atoms with Crippen LogP contribution in [0.4, 0.5) is 11.4 Å². The number of benzene rings is 1. The number of hydrogen-bond donors (Lipinski definition) is 3. The highest BCUT2D eigenvalue weighted by atomic mass is 16.1. The first-order valence-corrected chi connectivity index (χ1v) is 5.48. The molecule has 4 heteroatoms. The lowest BCUT2D eigenvalue weighted by Gasteiger charge is -2.40. The van der Waals surface area contributed by atoms with Crippen LogP contribution in [0.5, 0.6) is 0 Å². The second-order valence-corrected chi connectivity index (χ2v) is 4.71. The predicted molar refractivity (Wildman–Crippen MR) is 65.3 cm³/mol. The maximum absolute atomic E-state index is 11.1. The number of nitrogen functional groups attached to an aromatic ring is 1. The van der Waals surface area contributed by atoms with Gasteiger partial charge in [-0.1, -0.05) is 0 Å². The number of primary amides is 1. The van der Waals surface area contributed by atoms with Crippen LogP contribution in [0.15, 0.2) is 18.2 Å². The molecule has 0 unspecified atom stereocenters. The van der Waals surface area contributed by atoms with Crippen molar-refractivity contribution in [2.45, 2.75) is 31.7 Å². The number of rotatable bonds is 3. The van der Waals surface area contributed by atoms with Crippen molar-refractivity contribution in [3.8, 4) is 0 Å². The van der Waals surface area contributed by atoms with Gasteiger partial charge in [0.2, 0.25) is 0 Å². The van der Waals surface area contributed by atoms with Crippen LogP contribution in [0.25, 0.3) is 0 Å². The Kier molecular flexibility index (Phi) is 2.50. The van der Waals surface area contributed by atoms with Crippen LogP contribution >= 0.6 is 0 Å². The van der Waals surface area contributed by atoms with Crippen molar-refractivity contribution in [2.75, 3.05) is 11.1 Å². The Morgan fingerprint density at radius 3 is 2.62 bits per heavy atom. The molecule has 2 rings (SSSR count). The van der Waals surface area contributed by atoms with Gasteiger partial charge in [-0.2, -0.15) is 0 Å². The van der Waals surface area contributed by atoms with Gasteiger partial charge in [-0.3, -0.25) is 4.79 Å². The van der Waals surface area contributed by atoms with E-state index in [0.717, 1.165) is 18.5 Å². The largest absolute Gasteiger partial charge is 0.398 e. The summed E-state index contributed by atoms with van der Waals surface area (Å²) in [5.41, 5.74) is 12.8. The first kappa shape index (κ1) is 10.8. The molecule has 0 aliphatic heterocycles. The molecule has 0 aromatic heterocycles. The van der Waals surface area contributed by atoms with Crippen LogP contribution in [0, 0.1) is 0 Å². The molecule has 16 heavy (non-hydrogen) atoms. The highest BCUT2D eigenvalue weighted by Gasteiger charge is 2.31. The predicted octanol–water partition coefficient (Wildman–Crippen LogP) is 1.72. The fourth-order valence-corrected chi connectivity index (χ4v) is 2.03. The standard InChI is InChI=1S/C12H17N3O/c1-12(5-2-6-12)15-8-3-4-10(13)9(7-8)11(14)16/h3-4,7,15H,2,5-6,13H2,1H3,(H2,14,16). The molecule has 86 valence electrons. The SMILES string of the molecule is CC1(Nc2ccc(N)c(C(N)=O)c2)CCC1. The van der Waals surface area contributed by atoms with E-state index in [1.807, 2.05) is 6.07 Å². The number of nitrogens with two attached hydrogens (primary N) is 2. The molecule has 4 nitrogen and oxygen atoms in total. The van der Waals surface area contributed by atoms with E-state index in [0.29, 0.717) is 11.3 Å². The third-order valence-corrected chi connectivity index (χ3v) is 3.22. The van der Waals surface area contributed by atoms with Crippen LogP contribution in [-0.4, -0.2) is 11.4 Å². The minimum absolute atomic E-state index is 0.158. The molecule has 1 aromatic rings. The Hall–Kier alpha value is -1.71. The zero-order valence-corrected chi connectivity index (χ0v) is 9.42. The molecule has 1 fully saturated rings. The Morgan fingerprint density at radius 2 is 2.12 bits per heavy atom. The van der Waals surface area contributed by atoms with Gasteiger partial charge in [-0.25, -0.2) is 0 Å². The van der Waals surface area contributed by atoms with E-state index >= 15 is 0 Å². The van der Waals surface area contributed by atoms with E-state index in [4.69, 9.17) is 11.5 Å². The quantitative estimate of drug-likeness (QED) is 0.677. The van der Waals surface area contributed by atoms with Gasteiger partial charge >= 0.3 is 0 Å². The second kappa shape index (κ2) is 3.70. The molecule has 0 atom stereocenters. The topological polar surface area (TPSA) is 81.1 Å². The van der Waals surface area contributed by atoms with E-state index in [9.17, 15) is 4.79 Å². The van der Waals surface area contributed by atoms with Gasteiger partial charge in [0, 0.05) is 16.9 Å². The molecule has 0 radical (unpaired) electrons. The lowest BCUT2D eigenvalue weighted by molar-refractivity contribution is 0.100. The molecule has 1 aromatic carbocycles. The van der Waals surface area contributed by atoms with Crippen molar-refractivity contribution < 1.29 is 4.79 Å². The Labute approximate surface area is 95.0 Å². The molecular weight excluding hydrogens is 202 g/mol. The molecule has 1 aliphatic rings. The first-order chi connectivity index (χ1) is 7.50. The highest BCUT2D eigenvalue weighted by molar-refractivity contribution is 5.98. The van der Waals surface area contributed by atoms with Crippen molar-refractivity contribution in [3.05, 3.63) is 23.8 Å². The van der Waals surface area contributed by atoms with Crippen molar-refractivity contribution in [3.63, 3.8) is 0 Å². The summed E-state index contributed by atoms with van der Waals surface area (Å²) in [6, 6.07) is 5.32. The number of nitrogens with one attached hydrogen (secondary N) is 1. The van der Waals surface area contributed by atoms with Gasteiger partial charge < -0.3 is 16.8 Å². The molecular formula is C12H17N3O. The molecule has 0 spiro atoms. The molecule has 1 saturated carbocycles. The summed E-state index contributed by atoms with van der Waals surface area (Å²) in [5.74, 6) is -0.486. The Balaban J connectivity index is 2.22. The Morgan fingerprint density at radius 1 is 1.44 bits per heavy atom. The van der Waals surface area contributed by atoms with Gasteiger partial charge in [0.05, 0.1) is 5.56 Å². The molecule has 5 N–H and O–H groups in total. The Bertz CT molecular complexity index is 424. The summed E-state index contributed by atoms with van der Waals surface area (Å²) >= 11 is 0. The lowest BCUT2D eigenvalue weighted by Crippen LogP contribution is -2.41. The van der Waals surface area contributed by atoms with Gasteiger partial charge in [-0.15, -0.1) is 0 Å². The second-order valence-electron chi connectivity index (χ2n) is 4.71. The van der Waals surface area contributed by atoms with Gasteiger partial charge in [0.15, 0.2) is 0 Å². The summed E-state index contributed by atoms with van der Waals surface area (Å²) in [6.45, 7) is 2.18. The summed E-state index contributed by atoms with van der Waals surface area (Å²) < 4.78 is 0. The van der Waals surface area contributed by atoms with Crippen molar-refractivity contribution >= 4 is 17.3 Å². The zero-order valence-electron chi connectivity index (χ0n) is 9.42. The minimum atomic E-state index is -0.486. The normalized spacial score (nSPS) is 17.6. The lowest BCUT2D eigenvalue weighted by atomic mass is 9.78. The van der Waals surface area contributed by atoms with E-state index < -0.39 is 5.91 Å². The summed E-state index contributed by atoms with van der Waals surface area (Å²) in [6.07, 6.45) is 3.56. The molecule has 0 saturated heterocycles. The zero-order chi connectivity index (χ0) is 11.8. The van der Waals surface area contributed by atoms with Crippen LogP contribution in [0.3, 0.4) is 0 Å². The third kappa shape index (κ3) is 1.96. The van der Waals surface area contributed by atoms with E-state index in [1.165, 1.54) is 6.42 Å². The number of anilines is 2. The molecule has 0 bridgehead atoms.